The van der Waals surface area contributed by atoms with Crippen LogP contribution in [0.1, 0.15) is 63.1 Å². The molecule has 6 rings (SSSR count). The standard InChI is InChI=1S/C27H26N2/c1-26(2,3)20-12-18-7-11-29-25-21-13-17-6-10-28-16-19(17)14-22(21)27(8-4-5-9-27)23(15-20)24(18)25/h6-7,10-16H,4-5,8-9H2,1-3H3. The lowest BCUT2D eigenvalue weighted by molar-refractivity contribution is 0.533. The van der Waals surface area contributed by atoms with Gasteiger partial charge in [0.15, 0.2) is 0 Å². The number of hydrogen-bond donors (Lipinski definition) is 0. The highest BCUT2D eigenvalue weighted by atomic mass is 14.7. The van der Waals surface area contributed by atoms with Gasteiger partial charge in [0.2, 0.25) is 0 Å². The monoisotopic (exact) mass is 378 g/mol. The third-order valence-electron chi connectivity index (χ3n) is 7.25. The fourth-order valence-corrected chi connectivity index (χ4v) is 5.72. The molecule has 1 fully saturated rings. The van der Waals surface area contributed by atoms with Crippen LogP contribution in [0.25, 0.3) is 32.8 Å². The molecule has 0 radical (unpaired) electrons. The normalized spacial score (nSPS) is 17.2. The van der Waals surface area contributed by atoms with E-state index in [0.29, 0.717) is 0 Å². The molecule has 2 aliphatic rings. The molecule has 1 saturated carbocycles. The van der Waals surface area contributed by atoms with Crippen LogP contribution in [0.3, 0.4) is 0 Å². The van der Waals surface area contributed by atoms with Crippen LogP contribution in [-0.4, -0.2) is 9.97 Å². The summed E-state index contributed by atoms with van der Waals surface area (Å²) in [5.41, 5.74) is 7.12. The van der Waals surface area contributed by atoms with E-state index in [1.54, 1.807) is 0 Å². The van der Waals surface area contributed by atoms with Crippen molar-refractivity contribution in [1.82, 2.24) is 9.97 Å². The zero-order valence-corrected chi connectivity index (χ0v) is 17.4. The van der Waals surface area contributed by atoms with Crippen molar-refractivity contribution in [2.75, 3.05) is 0 Å². The Balaban J connectivity index is 1.80. The van der Waals surface area contributed by atoms with Gasteiger partial charge in [-0.3, -0.25) is 9.97 Å². The Morgan fingerprint density at radius 3 is 2.41 bits per heavy atom. The SMILES string of the molecule is CC(C)(C)c1cc2c3c(nccc3c1)-c1cc3ccncc3cc1C21CCCC1. The van der Waals surface area contributed by atoms with Crippen molar-refractivity contribution in [1.29, 1.82) is 0 Å². The Morgan fingerprint density at radius 1 is 0.828 bits per heavy atom. The molecule has 2 nitrogen and oxygen atoms in total. The molecule has 0 unspecified atom stereocenters. The molecule has 0 amide bonds. The summed E-state index contributed by atoms with van der Waals surface area (Å²) in [6.45, 7) is 6.96. The Kier molecular flexibility index (Phi) is 3.35. The molecule has 2 aliphatic carbocycles. The van der Waals surface area contributed by atoms with Crippen LogP contribution in [0.15, 0.2) is 55.0 Å². The van der Waals surface area contributed by atoms with E-state index in [0.717, 1.165) is 5.69 Å². The van der Waals surface area contributed by atoms with Crippen LogP contribution in [0.5, 0.6) is 0 Å². The Labute approximate surface area is 172 Å². The molecule has 144 valence electrons. The maximum atomic E-state index is 4.92. The van der Waals surface area contributed by atoms with Crippen molar-refractivity contribution in [3.63, 3.8) is 0 Å². The van der Waals surface area contributed by atoms with Crippen LogP contribution in [0, 0.1) is 0 Å². The van der Waals surface area contributed by atoms with Gasteiger partial charge in [0.1, 0.15) is 0 Å². The van der Waals surface area contributed by atoms with E-state index < -0.39 is 0 Å². The van der Waals surface area contributed by atoms with E-state index in [4.69, 9.17) is 4.98 Å². The summed E-state index contributed by atoms with van der Waals surface area (Å²) < 4.78 is 0. The number of rotatable bonds is 0. The summed E-state index contributed by atoms with van der Waals surface area (Å²) in [6, 6.07) is 14.0. The predicted octanol–water partition coefficient (Wildman–Crippen LogP) is 6.92. The molecule has 0 aliphatic heterocycles. The Hall–Kier alpha value is -2.74. The highest BCUT2D eigenvalue weighted by Gasteiger charge is 2.44. The molecule has 2 aromatic carbocycles. The smallest absolute Gasteiger partial charge is 0.0786 e. The number of hydrogen-bond acceptors (Lipinski definition) is 2. The van der Waals surface area contributed by atoms with Crippen molar-refractivity contribution in [2.24, 2.45) is 0 Å². The van der Waals surface area contributed by atoms with Gasteiger partial charge in [0.25, 0.3) is 0 Å². The number of nitrogens with zero attached hydrogens (tertiary/aromatic N) is 2. The molecule has 0 N–H and O–H groups in total. The van der Waals surface area contributed by atoms with Crippen molar-refractivity contribution in [2.45, 2.75) is 57.3 Å². The number of benzene rings is 2. The first-order chi connectivity index (χ1) is 14.0. The lowest BCUT2D eigenvalue weighted by Crippen LogP contribution is -2.29. The van der Waals surface area contributed by atoms with Gasteiger partial charge in [0, 0.05) is 40.3 Å². The number of pyridine rings is 2. The molecule has 1 spiro atoms. The van der Waals surface area contributed by atoms with Gasteiger partial charge in [-0.05, 0) is 70.0 Å². The van der Waals surface area contributed by atoms with E-state index >= 15 is 0 Å². The van der Waals surface area contributed by atoms with Crippen molar-refractivity contribution >= 4 is 21.5 Å². The van der Waals surface area contributed by atoms with Gasteiger partial charge in [0.05, 0.1) is 5.69 Å². The maximum absolute atomic E-state index is 4.92. The lowest BCUT2D eigenvalue weighted by atomic mass is 9.64. The molecule has 29 heavy (non-hydrogen) atoms. The molecule has 4 aromatic rings. The summed E-state index contributed by atoms with van der Waals surface area (Å²) in [6.07, 6.45) is 10.9. The highest BCUT2D eigenvalue weighted by molar-refractivity contribution is 6.04. The first-order valence-corrected chi connectivity index (χ1v) is 10.8. The molecule has 0 atom stereocenters. The second kappa shape index (κ2) is 5.66. The largest absolute Gasteiger partial charge is 0.264 e. The Bertz CT molecular complexity index is 1290. The molecular formula is C27H26N2. The molecule has 2 aromatic heterocycles. The molecule has 2 heteroatoms. The van der Waals surface area contributed by atoms with Gasteiger partial charge in [-0.2, -0.15) is 0 Å². The van der Waals surface area contributed by atoms with Crippen molar-refractivity contribution < 1.29 is 0 Å². The molecule has 0 bridgehead atoms. The van der Waals surface area contributed by atoms with Gasteiger partial charge < -0.3 is 0 Å². The van der Waals surface area contributed by atoms with Gasteiger partial charge in [-0.1, -0.05) is 45.7 Å². The predicted molar refractivity (Wildman–Crippen MR) is 120 cm³/mol. The van der Waals surface area contributed by atoms with Gasteiger partial charge >= 0.3 is 0 Å². The Morgan fingerprint density at radius 2 is 1.62 bits per heavy atom. The average molecular weight is 379 g/mol. The zero-order chi connectivity index (χ0) is 19.8. The van der Waals surface area contributed by atoms with Crippen molar-refractivity contribution in [3.05, 3.63) is 71.7 Å². The molecule has 0 saturated heterocycles. The zero-order valence-electron chi connectivity index (χ0n) is 17.4. The number of aromatic nitrogens is 2. The van der Waals surface area contributed by atoms with Crippen LogP contribution in [-0.2, 0) is 10.8 Å². The minimum atomic E-state index is 0.106. The summed E-state index contributed by atoms with van der Waals surface area (Å²) in [5, 5.41) is 5.20. The first-order valence-electron chi connectivity index (χ1n) is 10.8. The van der Waals surface area contributed by atoms with E-state index in [9.17, 15) is 0 Å². The second-order valence-electron chi connectivity index (χ2n) is 9.94. The van der Waals surface area contributed by atoms with E-state index in [2.05, 4.69) is 62.2 Å². The van der Waals surface area contributed by atoms with Crippen molar-refractivity contribution in [3.8, 4) is 11.3 Å². The maximum Gasteiger partial charge on any atom is 0.0786 e. The van der Waals surface area contributed by atoms with E-state index in [1.807, 2.05) is 18.6 Å². The highest BCUT2D eigenvalue weighted by Crippen LogP contribution is 2.56. The summed E-state index contributed by atoms with van der Waals surface area (Å²) >= 11 is 0. The van der Waals surface area contributed by atoms with Crippen LogP contribution in [0.4, 0.5) is 0 Å². The third kappa shape index (κ3) is 2.29. The number of fused-ring (bicyclic) bond motifs is 5. The fourth-order valence-electron chi connectivity index (χ4n) is 5.72. The van der Waals surface area contributed by atoms with E-state index in [-0.39, 0.29) is 10.8 Å². The van der Waals surface area contributed by atoms with E-state index in [1.165, 1.54) is 69.5 Å². The van der Waals surface area contributed by atoms with Crippen LogP contribution < -0.4 is 0 Å². The first kappa shape index (κ1) is 17.1. The van der Waals surface area contributed by atoms with Crippen LogP contribution in [0.2, 0.25) is 0 Å². The molecule has 2 heterocycles. The minimum absolute atomic E-state index is 0.106. The molecular weight excluding hydrogens is 352 g/mol. The second-order valence-corrected chi connectivity index (χ2v) is 9.94. The van der Waals surface area contributed by atoms with Crippen LogP contribution >= 0.6 is 0 Å². The van der Waals surface area contributed by atoms with Gasteiger partial charge in [-0.25, -0.2) is 0 Å². The minimum Gasteiger partial charge on any atom is -0.264 e. The summed E-state index contributed by atoms with van der Waals surface area (Å²) in [7, 11) is 0. The third-order valence-corrected chi connectivity index (χ3v) is 7.25. The summed E-state index contributed by atoms with van der Waals surface area (Å²) in [5.74, 6) is 0. The average Bonchev–Trinajstić information content (AvgIpc) is 3.20. The fraction of sp³-hybridized carbons (Fsp3) is 0.333. The topological polar surface area (TPSA) is 25.8 Å². The lowest BCUT2D eigenvalue weighted by Gasteiger charge is -2.39. The van der Waals surface area contributed by atoms with Gasteiger partial charge in [-0.15, -0.1) is 0 Å². The quantitative estimate of drug-likeness (QED) is 0.332. The summed E-state index contributed by atoms with van der Waals surface area (Å²) in [4.78, 5) is 9.31.